The normalized spacial score (nSPS) is 19.8. The molecule has 9 heteroatoms. The van der Waals surface area contributed by atoms with Crippen LogP contribution in [0.25, 0.3) is 10.9 Å². The number of carbonyl (C=O) groups is 2. The van der Waals surface area contributed by atoms with Gasteiger partial charge < -0.3 is 14.6 Å². The van der Waals surface area contributed by atoms with E-state index in [9.17, 15) is 18.4 Å². The number of aryl methyl sites for hydroxylation is 1. The monoisotopic (exact) mass is 619 g/mol. The summed E-state index contributed by atoms with van der Waals surface area (Å²) in [5.41, 5.74) is 2.61. The molecule has 3 atom stereocenters. The van der Waals surface area contributed by atoms with Crippen molar-refractivity contribution in [3.05, 3.63) is 100 Å². The zero-order valence-corrected chi connectivity index (χ0v) is 25.5. The first-order valence-electron chi connectivity index (χ1n) is 15.2. The third-order valence-electron chi connectivity index (χ3n) is 9.18. The second kappa shape index (κ2) is 13.1. The number of hydrogen-bond acceptors (Lipinski definition) is 4. The molecule has 2 aliphatic rings. The predicted octanol–water partition coefficient (Wildman–Crippen LogP) is 7.42. The molecule has 4 aromatic rings. The molecular weight excluding hydrogens is 584 g/mol. The van der Waals surface area contributed by atoms with Gasteiger partial charge in [-0.3, -0.25) is 14.5 Å². The molecule has 1 N–H and O–H groups in total. The number of halogens is 3. The number of rotatable bonds is 11. The maximum Gasteiger partial charge on any atom is 0.253 e. The van der Waals surface area contributed by atoms with Crippen molar-refractivity contribution in [1.82, 2.24) is 14.8 Å². The molecular formula is C35H36ClF2N3O3. The predicted molar refractivity (Wildman–Crippen MR) is 167 cm³/mol. The van der Waals surface area contributed by atoms with Crippen LogP contribution in [-0.2, 0) is 13.1 Å². The van der Waals surface area contributed by atoms with E-state index in [4.69, 9.17) is 16.3 Å². The van der Waals surface area contributed by atoms with Crippen molar-refractivity contribution in [2.45, 2.75) is 63.7 Å². The van der Waals surface area contributed by atoms with Crippen LogP contribution in [0.2, 0.25) is 5.02 Å². The van der Waals surface area contributed by atoms with Gasteiger partial charge in [0, 0.05) is 55.3 Å². The fourth-order valence-electron chi connectivity index (χ4n) is 7.16. The summed E-state index contributed by atoms with van der Waals surface area (Å²) in [6.07, 6.45) is 7.47. The van der Waals surface area contributed by atoms with Crippen LogP contribution in [0.5, 0.6) is 5.75 Å². The van der Waals surface area contributed by atoms with E-state index in [2.05, 4.69) is 14.8 Å². The van der Waals surface area contributed by atoms with Crippen LogP contribution in [0.3, 0.4) is 0 Å². The van der Waals surface area contributed by atoms with Crippen LogP contribution in [0.4, 0.5) is 8.78 Å². The van der Waals surface area contributed by atoms with Gasteiger partial charge in [0.2, 0.25) is 0 Å². The summed E-state index contributed by atoms with van der Waals surface area (Å²) < 4.78 is 34.9. The van der Waals surface area contributed by atoms with Crippen molar-refractivity contribution in [1.29, 1.82) is 0 Å². The van der Waals surface area contributed by atoms with E-state index in [1.165, 1.54) is 30.3 Å². The molecule has 2 bridgehead atoms. The van der Waals surface area contributed by atoms with Gasteiger partial charge in [-0.2, -0.15) is 0 Å². The Balaban J connectivity index is 1.09. The lowest BCUT2D eigenvalue weighted by Crippen LogP contribution is -2.43. The van der Waals surface area contributed by atoms with Gasteiger partial charge >= 0.3 is 0 Å². The van der Waals surface area contributed by atoms with Crippen molar-refractivity contribution in [2.75, 3.05) is 13.7 Å². The Morgan fingerprint density at radius 3 is 2.50 bits per heavy atom. The van der Waals surface area contributed by atoms with Crippen LogP contribution in [0, 0.1) is 17.6 Å². The zero-order valence-electron chi connectivity index (χ0n) is 24.7. The average molecular weight is 620 g/mol. The van der Waals surface area contributed by atoms with Crippen molar-refractivity contribution >= 4 is 34.2 Å². The number of nitrogens with one attached hydrogen (secondary N) is 1. The molecule has 0 radical (unpaired) electrons. The third kappa shape index (κ3) is 6.37. The third-order valence-corrected chi connectivity index (χ3v) is 9.47. The topological polar surface area (TPSA) is 63.6 Å². The van der Waals surface area contributed by atoms with Gasteiger partial charge in [0.25, 0.3) is 5.91 Å². The second-order valence-corrected chi connectivity index (χ2v) is 12.4. The molecule has 2 fully saturated rings. The highest BCUT2D eigenvalue weighted by Gasteiger charge is 2.40. The first kappa shape index (κ1) is 30.3. The van der Waals surface area contributed by atoms with Gasteiger partial charge in [-0.1, -0.05) is 35.9 Å². The number of benzene rings is 3. The molecule has 230 valence electrons. The minimum Gasteiger partial charge on any atom is -0.495 e. The number of Topliss-reactive ketones (excluding diaryl/α,β-unsaturated/α-hetero) is 1. The number of carbonyl (C=O) groups excluding carboxylic acids is 2. The summed E-state index contributed by atoms with van der Waals surface area (Å²) in [4.78, 5) is 28.8. The van der Waals surface area contributed by atoms with Gasteiger partial charge in [0.15, 0.2) is 5.78 Å². The van der Waals surface area contributed by atoms with Gasteiger partial charge in [-0.15, -0.1) is 0 Å². The average Bonchev–Trinajstić information content (AvgIpc) is 3.50. The molecule has 44 heavy (non-hydrogen) atoms. The molecule has 1 amide bonds. The molecule has 6 rings (SSSR count). The van der Waals surface area contributed by atoms with Crippen LogP contribution < -0.4 is 10.1 Å². The summed E-state index contributed by atoms with van der Waals surface area (Å²) >= 11 is 5.90. The maximum absolute atomic E-state index is 13.6. The molecule has 0 saturated carbocycles. The van der Waals surface area contributed by atoms with Crippen LogP contribution in [-0.4, -0.2) is 46.9 Å². The maximum atomic E-state index is 13.6. The Hall–Kier alpha value is -3.75. The number of ether oxygens (including phenoxy) is 1. The summed E-state index contributed by atoms with van der Waals surface area (Å²) in [6.45, 7) is 1.88. The number of ketones is 1. The quantitative estimate of drug-likeness (QED) is 0.178. The van der Waals surface area contributed by atoms with Crippen LogP contribution >= 0.6 is 11.6 Å². The number of aromatic nitrogens is 1. The molecule has 3 aromatic carbocycles. The summed E-state index contributed by atoms with van der Waals surface area (Å²) in [7, 11) is 1.63. The SMILES string of the molecule is COc1cccc2c(C(=O)NCc3cccc(F)c3)cn(CCCN3[C@@H]4CC[C@H]3CC(CC(=O)c3ccc(F)c(Cl)c3)C4)c12. The standard InChI is InChI=1S/C35H36ClF2N3O3/c1-44-33-8-3-7-28-29(35(43)39-20-22-5-2-6-25(37)15-22)21-40(34(28)33)13-4-14-41-26-10-11-27(41)17-23(16-26)18-32(42)24-9-12-31(38)30(36)19-24/h2-3,5-9,12,15,19,21,23,26-27H,4,10-11,13-14,16-18,20H2,1H3,(H,39,43)/t23?,26-,27+. The van der Waals surface area contributed by atoms with Crippen LogP contribution in [0.15, 0.2) is 66.9 Å². The lowest BCUT2D eigenvalue weighted by molar-refractivity contribution is 0.0807. The Bertz CT molecular complexity index is 1680. The molecule has 3 heterocycles. The van der Waals surface area contributed by atoms with Crippen molar-refractivity contribution in [3.63, 3.8) is 0 Å². The van der Waals surface area contributed by atoms with E-state index in [0.29, 0.717) is 46.9 Å². The molecule has 2 saturated heterocycles. The number of amides is 1. The number of hydrogen-bond donors (Lipinski definition) is 1. The highest BCUT2D eigenvalue weighted by atomic mass is 35.5. The highest BCUT2D eigenvalue weighted by Crippen LogP contribution is 2.40. The number of piperidine rings is 1. The Labute approximate surface area is 260 Å². The van der Waals surface area contributed by atoms with Gasteiger partial charge in [-0.05, 0) is 80.0 Å². The first-order chi connectivity index (χ1) is 21.3. The van der Waals surface area contributed by atoms with Crippen molar-refractivity contribution in [2.24, 2.45) is 5.92 Å². The summed E-state index contributed by atoms with van der Waals surface area (Å²) in [5, 5.41) is 3.73. The van der Waals surface area contributed by atoms with Gasteiger partial charge in [-0.25, -0.2) is 8.78 Å². The lowest BCUT2D eigenvalue weighted by atomic mass is 9.85. The fourth-order valence-corrected chi connectivity index (χ4v) is 7.34. The summed E-state index contributed by atoms with van der Waals surface area (Å²) in [6, 6.07) is 17.0. The Morgan fingerprint density at radius 2 is 1.77 bits per heavy atom. The van der Waals surface area contributed by atoms with Crippen molar-refractivity contribution in [3.8, 4) is 5.75 Å². The van der Waals surface area contributed by atoms with E-state index >= 15 is 0 Å². The molecule has 0 aliphatic carbocycles. The Kier molecular flexibility index (Phi) is 9.01. The number of nitrogens with zero attached hydrogens (tertiary/aromatic N) is 2. The smallest absolute Gasteiger partial charge is 0.253 e. The van der Waals surface area contributed by atoms with E-state index in [0.717, 1.165) is 56.1 Å². The van der Waals surface area contributed by atoms with E-state index < -0.39 is 5.82 Å². The molecule has 1 unspecified atom stereocenters. The lowest BCUT2D eigenvalue weighted by Gasteiger charge is -2.39. The number of para-hydroxylation sites is 1. The zero-order chi connectivity index (χ0) is 30.8. The minimum atomic E-state index is -0.513. The molecule has 1 aromatic heterocycles. The first-order valence-corrected chi connectivity index (χ1v) is 15.6. The van der Waals surface area contributed by atoms with E-state index in [-0.39, 0.29) is 29.1 Å². The summed E-state index contributed by atoms with van der Waals surface area (Å²) in [5.74, 6) is -0.0236. The number of fused-ring (bicyclic) bond motifs is 3. The molecule has 0 spiro atoms. The second-order valence-electron chi connectivity index (χ2n) is 12.0. The van der Waals surface area contributed by atoms with E-state index in [1.54, 1.807) is 19.2 Å². The van der Waals surface area contributed by atoms with E-state index in [1.807, 2.05) is 24.4 Å². The van der Waals surface area contributed by atoms with Gasteiger partial charge in [0.1, 0.15) is 17.4 Å². The molecule has 6 nitrogen and oxygen atoms in total. The number of methoxy groups -OCH3 is 1. The van der Waals surface area contributed by atoms with Crippen LogP contribution in [0.1, 0.15) is 64.8 Å². The Morgan fingerprint density at radius 1 is 1.00 bits per heavy atom. The van der Waals surface area contributed by atoms with Crippen molar-refractivity contribution < 1.29 is 23.1 Å². The molecule has 2 aliphatic heterocycles. The fraction of sp³-hybridized carbons (Fsp3) is 0.371. The largest absolute Gasteiger partial charge is 0.495 e. The highest BCUT2D eigenvalue weighted by molar-refractivity contribution is 6.31. The minimum absolute atomic E-state index is 0.0181. The van der Waals surface area contributed by atoms with Gasteiger partial charge in [0.05, 0.1) is 23.2 Å².